The zero-order valence-corrected chi connectivity index (χ0v) is 10.2. The molecule has 1 aromatic rings. The quantitative estimate of drug-likeness (QED) is 0.510. The highest BCUT2D eigenvalue weighted by Crippen LogP contribution is 2.25. The lowest BCUT2D eigenvalue weighted by atomic mass is 9.91. The highest BCUT2D eigenvalue weighted by molar-refractivity contribution is 5.94. The number of hydrogen-bond donors (Lipinski definition) is 0. The van der Waals surface area contributed by atoms with Crippen LogP contribution in [0.1, 0.15) is 54.9 Å². The summed E-state index contributed by atoms with van der Waals surface area (Å²) in [4.78, 5) is 11.2. The van der Waals surface area contributed by atoms with Crippen LogP contribution in [0, 0.1) is 0 Å². The average Bonchev–Trinajstić information content (AvgIpc) is 2.29. The van der Waals surface area contributed by atoms with Gasteiger partial charge in [-0.1, -0.05) is 43.7 Å². The van der Waals surface area contributed by atoms with Crippen molar-refractivity contribution in [1.82, 2.24) is 0 Å². The lowest BCUT2D eigenvalue weighted by Crippen LogP contribution is -1.99. The first-order valence-corrected chi connectivity index (χ1v) is 5.90. The van der Waals surface area contributed by atoms with E-state index in [1.165, 1.54) is 18.4 Å². The van der Waals surface area contributed by atoms with Crippen molar-refractivity contribution in [1.29, 1.82) is 0 Å². The van der Waals surface area contributed by atoms with Gasteiger partial charge >= 0.3 is 0 Å². The third kappa shape index (κ3) is 3.34. The van der Waals surface area contributed by atoms with Crippen LogP contribution in [-0.2, 0) is 0 Å². The molecule has 1 aromatic carbocycles. The molecular weight excluding hydrogens is 196 g/mol. The molecule has 0 aromatic heterocycles. The van der Waals surface area contributed by atoms with Gasteiger partial charge in [-0.2, -0.15) is 0 Å². The van der Waals surface area contributed by atoms with E-state index in [1.807, 2.05) is 18.2 Å². The molecule has 1 heteroatoms. The van der Waals surface area contributed by atoms with Crippen molar-refractivity contribution in [2.45, 2.75) is 39.0 Å². The summed E-state index contributed by atoms with van der Waals surface area (Å²) in [5, 5.41) is 0. The summed E-state index contributed by atoms with van der Waals surface area (Å²) < 4.78 is 0. The van der Waals surface area contributed by atoms with Crippen molar-refractivity contribution >= 4 is 5.78 Å². The number of benzene rings is 1. The molecule has 0 aliphatic heterocycles. The fourth-order valence-corrected chi connectivity index (χ4v) is 1.96. The van der Waals surface area contributed by atoms with Gasteiger partial charge in [0, 0.05) is 5.56 Å². The van der Waals surface area contributed by atoms with Gasteiger partial charge in [-0.25, -0.2) is 0 Å². The first-order chi connectivity index (χ1) is 7.69. The van der Waals surface area contributed by atoms with Crippen molar-refractivity contribution in [3.63, 3.8) is 0 Å². The molecule has 0 amide bonds. The minimum Gasteiger partial charge on any atom is -0.295 e. The molecule has 1 atom stereocenters. The summed E-state index contributed by atoms with van der Waals surface area (Å²) in [5.74, 6) is 0.672. The second-order valence-corrected chi connectivity index (χ2v) is 4.19. The molecule has 0 heterocycles. The van der Waals surface area contributed by atoms with E-state index in [0.717, 1.165) is 12.0 Å². The van der Waals surface area contributed by atoms with Gasteiger partial charge in [0.2, 0.25) is 0 Å². The summed E-state index contributed by atoms with van der Waals surface area (Å²) >= 11 is 0. The molecule has 0 aliphatic carbocycles. The molecular formula is C15H20O. The average molecular weight is 216 g/mol. The highest BCUT2D eigenvalue weighted by atomic mass is 16.1. The molecule has 0 fully saturated rings. The van der Waals surface area contributed by atoms with E-state index in [9.17, 15) is 4.79 Å². The number of Topliss-reactive ketones (excluding diaryl/α,β-unsaturated/α-hetero) is 1. The lowest BCUT2D eigenvalue weighted by molar-refractivity contribution is 0.101. The van der Waals surface area contributed by atoms with Gasteiger partial charge in [-0.3, -0.25) is 4.79 Å². The minimum absolute atomic E-state index is 0.127. The molecule has 0 spiro atoms. The summed E-state index contributed by atoms with van der Waals surface area (Å²) in [5.41, 5.74) is 2.10. The fourth-order valence-electron chi connectivity index (χ4n) is 1.96. The van der Waals surface area contributed by atoms with E-state index in [-0.39, 0.29) is 5.78 Å². The van der Waals surface area contributed by atoms with Crippen LogP contribution in [0.2, 0.25) is 0 Å². The number of rotatable bonds is 6. The van der Waals surface area contributed by atoms with Gasteiger partial charge < -0.3 is 0 Å². The Morgan fingerprint density at radius 2 is 2.00 bits per heavy atom. The van der Waals surface area contributed by atoms with E-state index in [1.54, 1.807) is 6.92 Å². The standard InChI is InChI=1S/C15H20O/c1-4-6-14(7-5-2)15-10-8-13(9-11-15)12(3)16/h4,8-11,14H,1,5-7H2,2-3H3. The Kier molecular flexibility index (Phi) is 4.97. The molecule has 0 saturated carbocycles. The number of hydrogen-bond acceptors (Lipinski definition) is 1. The Morgan fingerprint density at radius 1 is 1.38 bits per heavy atom. The normalized spacial score (nSPS) is 12.1. The second kappa shape index (κ2) is 6.26. The van der Waals surface area contributed by atoms with Crippen LogP contribution < -0.4 is 0 Å². The third-order valence-electron chi connectivity index (χ3n) is 2.88. The number of carbonyl (C=O) groups is 1. The zero-order chi connectivity index (χ0) is 12.0. The number of ketones is 1. The van der Waals surface area contributed by atoms with Crippen LogP contribution in [0.4, 0.5) is 0 Å². The molecule has 0 aliphatic rings. The van der Waals surface area contributed by atoms with Gasteiger partial charge in [0.1, 0.15) is 0 Å². The summed E-state index contributed by atoms with van der Waals surface area (Å²) in [6.07, 6.45) is 5.32. The van der Waals surface area contributed by atoms with Crippen molar-refractivity contribution in [3.05, 3.63) is 48.0 Å². The van der Waals surface area contributed by atoms with Gasteiger partial charge in [0.05, 0.1) is 0 Å². The van der Waals surface area contributed by atoms with E-state index < -0.39 is 0 Å². The van der Waals surface area contributed by atoms with Gasteiger partial charge in [0.15, 0.2) is 5.78 Å². The first-order valence-electron chi connectivity index (χ1n) is 5.90. The Bertz CT molecular complexity index is 348. The molecule has 86 valence electrons. The van der Waals surface area contributed by atoms with Crippen LogP contribution in [-0.4, -0.2) is 5.78 Å². The number of allylic oxidation sites excluding steroid dienone is 1. The maximum atomic E-state index is 11.2. The largest absolute Gasteiger partial charge is 0.295 e. The molecule has 16 heavy (non-hydrogen) atoms. The van der Waals surface area contributed by atoms with Crippen molar-refractivity contribution in [2.24, 2.45) is 0 Å². The molecule has 0 N–H and O–H groups in total. The Hall–Kier alpha value is -1.37. The van der Waals surface area contributed by atoms with Crippen molar-refractivity contribution in [2.75, 3.05) is 0 Å². The lowest BCUT2D eigenvalue weighted by Gasteiger charge is -2.14. The first kappa shape index (κ1) is 12.7. The highest BCUT2D eigenvalue weighted by Gasteiger charge is 2.09. The van der Waals surface area contributed by atoms with Crippen LogP contribution in [0.15, 0.2) is 36.9 Å². The Morgan fingerprint density at radius 3 is 2.44 bits per heavy atom. The molecule has 1 unspecified atom stereocenters. The van der Waals surface area contributed by atoms with Gasteiger partial charge in [-0.05, 0) is 31.2 Å². The third-order valence-corrected chi connectivity index (χ3v) is 2.88. The molecule has 0 bridgehead atoms. The van der Waals surface area contributed by atoms with Crippen LogP contribution in [0.5, 0.6) is 0 Å². The smallest absolute Gasteiger partial charge is 0.159 e. The number of carbonyl (C=O) groups excluding carboxylic acids is 1. The van der Waals surface area contributed by atoms with E-state index >= 15 is 0 Å². The van der Waals surface area contributed by atoms with Gasteiger partial charge in [-0.15, -0.1) is 6.58 Å². The van der Waals surface area contributed by atoms with Crippen LogP contribution in [0.3, 0.4) is 0 Å². The summed E-state index contributed by atoms with van der Waals surface area (Å²) in [6.45, 7) is 7.59. The van der Waals surface area contributed by atoms with Crippen molar-refractivity contribution < 1.29 is 4.79 Å². The maximum Gasteiger partial charge on any atom is 0.159 e. The van der Waals surface area contributed by atoms with Crippen LogP contribution in [0.25, 0.3) is 0 Å². The second-order valence-electron chi connectivity index (χ2n) is 4.19. The van der Waals surface area contributed by atoms with E-state index in [2.05, 4.69) is 25.6 Å². The summed E-state index contributed by atoms with van der Waals surface area (Å²) in [6, 6.07) is 7.98. The summed E-state index contributed by atoms with van der Waals surface area (Å²) in [7, 11) is 0. The van der Waals surface area contributed by atoms with E-state index in [4.69, 9.17) is 0 Å². The topological polar surface area (TPSA) is 17.1 Å². The molecule has 1 nitrogen and oxygen atoms in total. The monoisotopic (exact) mass is 216 g/mol. The van der Waals surface area contributed by atoms with E-state index in [0.29, 0.717) is 5.92 Å². The van der Waals surface area contributed by atoms with Gasteiger partial charge in [0.25, 0.3) is 0 Å². The minimum atomic E-state index is 0.127. The Labute approximate surface area is 98.2 Å². The zero-order valence-electron chi connectivity index (χ0n) is 10.2. The van der Waals surface area contributed by atoms with Crippen molar-refractivity contribution in [3.8, 4) is 0 Å². The molecule has 0 radical (unpaired) electrons. The SMILES string of the molecule is C=CCC(CCC)c1ccc(C(C)=O)cc1. The molecule has 0 saturated heterocycles. The maximum absolute atomic E-state index is 11.2. The van der Waals surface area contributed by atoms with Crippen LogP contribution >= 0.6 is 0 Å². The fraction of sp³-hybridized carbons (Fsp3) is 0.400. The molecule has 1 rings (SSSR count). The Balaban J connectivity index is 2.84. The predicted molar refractivity (Wildman–Crippen MR) is 68.9 cm³/mol. The predicted octanol–water partition coefficient (Wildman–Crippen LogP) is 4.35.